The van der Waals surface area contributed by atoms with Gasteiger partial charge in [-0.15, -0.1) is 0 Å². The molecule has 2 rings (SSSR count). The molecule has 1 atom stereocenters. The smallest absolute Gasteiger partial charge is 0.228 e. The molecule has 1 saturated heterocycles. The molecule has 1 heterocycles. The maximum Gasteiger partial charge on any atom is 0.228 e. The predicted octanol–water partition coefficient (Wildman–Crippen LogP) is 2.41. The van der Waals surface area contributed by atoms with Crippen LogP contribution in [0.1, 0.15) is 31.7 Å². The van der Waals surface area contributed by atoms with E-state index in [0.29, 0.717) is 50.5 Å². The number of carbonyl (C=O) groups is 1. The van der Waals surface area contributed by atoms with E-state index in [2.05, 4.69) is 5.32 Å². The first kappa shape index (κ1) is 21.7. The molecule has 1 aromatic rings. The van der Waals surface area contributed by atoms with Crippen LogP contribution in [0.2, 0.25) is 0 Å². The lowest BCUT2D eigenvalue weighted by Crippen LogP contribution is -2.44. The number of ether oxygens (including phenoxy) is 2. The average Bonchev–Trinajstić information content (AvgIpc) is 2.64. The standard InChI is InChI=1S/C19H30N2O5S/c1-4-12-27(23,24)21-9-5-6-16(14-21)19(22)20-17-8-7-15(2)13-18(17)26-11-10-25-3/h7-8,13,16H,4-6,9-12,14H2,1-3H3,(H,20,22). The summed E-state index contributed by atoms with van der Waals surface area (Å²) in [5.74, 6) is 0.175. The molecule has 0 radical (unpaired) electrons. The Hall–Kier alpha value is -1.64. The van der Waals surface area contributed by atoms with Crippen LogP contribution in [-0.4, -0.2) is 57.8 Å². The molecular weight excluding hydrogens is 368 g/mol. The highest BCUT2D eigenvalue weighted by atomic mass is 32.2. The second-order valence-corrected chi connectivity index (χ2v) is 8.93. The molecule has 1 aliphatic rings. The number of sulfonamides is 1. The zero-order valence-electron chi connectivity index (χ0n) is 16.4. The molecule has 1 fully saturated rings. The first-order valence-corrected chi connectivity index (χ1v) is 11.0. The Labute approximate surface area is 162 Å². The third-order valence-corrected chi connectivity index (χ3v) is 6.59. The van der Waals surface area contributed by atoms with E-state index in [9.17, 15) is 13.2 Å². The summed E-state index contributed by atoms with van der Waals surface area (Å²) in [5, 5.41) is 2.91. The number of carbonyl (C=O) groups excluding carboxylic acids is 1. The predicted molar refractivity (Wildman–Crippen MR) is 106 cm³/mol. The zero-order valence-corrected chi connectivity index (χ0v) is 17.2. The fourth-order valence-corrected chi connectivity index (χ4v) is 4.71. The number of amides is 1. The van der Waals surface area contributed by atoms with Gasteiger partial charge in [-0.2, -0.15) is 0 Å². The quantitative estimate of drug-likeness (QED) is 0.646. The summed E-state index contributed by atoms with van der Waals surface area (Å²) in [4.78, 5) is 12.8. The van der Waals surface area contributed by atoms with Gasteiger partial charge < -0.3 is 14.8 Å². The number of anilines is 1. The van der Waals surface area contributed by atoms with Crippen LogP contribution < -0.4 is 10.1 Å². The Balaban J connectivity index is 2.06. The van der Waals surface area contributed by atoms with Crippen LogP contribution >= 0.6 is 0 Å². The van der Waals surface area contributed by atoms with Crippen LogP contribution in [0, 0.1) is 12.8 Å². The summed E-state index contributed by atoms with van der Waals surface area (Å²) in [6.07, 6.45) is 1.93. The van der Waals surface area contributed by atoms with Crippen molar-refractivity contribution in [1.29, 1.82) is 0 Å². The minimum absolute atomic E-state index is 0.122. The van der Waals surface area contributed by atoms with Crippen molar-refractivity contribution in [2.45, 2.75) is 33.1 Å². The van der Waals surface area contributed by atoms with Gasteiger partial charge in [0.1, 0.15) is 12.4 Å². The number of rotatable bonds is 9. The minimum Gasteiger partial charge on any atom is -0.489 e. The molecule has 0 aromatic heterocycles. The van der Waals surface area contributed by atoms with Crippen molar-refractivity contribution in [3.8, 4) is 5.75 Å². The Morgan fingerprint density at radius 1 is 1.33 bits per heavy atom. The molecule has 7 nitrogen and oxygen atoms in total. The SMILES string of the molecule is CCCS(=O)(=O)N1CCCC(C(=O)Nc2ccc(C)cc2OCCOC)C1. The van der Waals surface area contributed by atoms with Crippen molar-refractivity contribution in [2.24, 2.45) is 5.92 Å². The Bertz CT molecular complexity index is 736. The van der Waals surface area contributed by atoms with Crippen molar-refractivity contribution >= 4 is 21.6 Å². The van der Waals surface area contributed by atoms with Gasteiger partial charge in [0.2, 0.25) is 15.9 Å². The normalized spacial score (nSPS) is 18.3. The van der Waals surface area contributed by atoms with Gasteiger partial charge in [0.15, 0.2) is 0 Å². The van der Waals surface area contributed by atoms with Gasteiger partial charge in [-0.1, -0.05) is 13.0 Å². The Morgan fingerprint density at radius 2 is 2.11 bits per heavy atom. The number of hydrogen-bond acceptors (Lipinski definition) is 5. The summed E-state index contributed by atoms with van der Waals surface area (Å²) >= 11 is 0. The van der Waals surface area contributed by atoms with Gasteiger partial charge in [-0.3, -0.25) is 4.79 Å². The van der Waals surface area contributed by atoms with Crippen LogP contribution in [0.25, 0.3) is 0 Å². The van der Waals surface area contributed by atoms with Gasteiger partial charge >= 0.3 is 0 Å². The van der Waals surface area contributed by atoms with E-state index in [1.165, 1.54) is 4.31 Å². The second kappa shape index (κ2) is 10.1. The van der Waals surface area contributed by atoms with Crippen molar-refractivity contribution in [3.63, 3.8) is 0 Å². The third kappa shape index (κ3) is 6.19. The van der Waals surface area contributed by atoms with E-state index in [0.717, 1.165) is 5.56 Å². The molecule has 0 saturated carbocycles. The largest absolute Gasteiger partial charge is 0.489 e. The molecular formula is C19H30N2O5S. The van der Waals surface area contributed by atoms with E-state index >= 15 is 0 Å². The lowest BCUT2D eigenvalue weighted by molar-refractivity contribution is -0.120. The summed E-state index contributed by atoms with van der Waals surface area (Å²) in [6, 6.07) is 5.58. The Morgan fingerprint density at radius 3 is 2.81 bits per heavy atom. The summed E-state index contributed by atoms with van der Waals surface area (Å²) < 4.78 is 36.8. The van der Waals surface area contributed by atoms with E-state index in [1.807, 2.05) is 32.0 Å². The topological polar surface area (TPSA) is 84.9 Å². The molecule has 1 aliphatic heterocycles. The van der Waals surface area contributed by atoms with Crippen molar-refractivity contribution in [1.82, 2.24) is 4.31 Å². The molecule has 0 spiro atoms. The fraction of sp³-hybridized carbons (Fsp3) is 0.632. The lowest BCUT2D eigenvalue weighted by Gasteiger charge is -2.31. The molecule has 1 aromatic carbocycles. The second-order valence-electron chi connectivity index (χ2n) is 6.84. The van der Waals surface area contributed by atoms with Crippen molar-refractivity contribution in [2.75, 3.05) is 44.5 Å². The van der Waals surface area contributed by atoms with Gasteiger partial charge in [0.25, 0.3) is 0 Å². The summed E-state index contributed by atoms with van der Waals surface area (Å²) in [5.41, 5.74) is 1.62. The van der Waals surface area contributed by atoms with E-state index in [1.54, 1.807) is 7.11 Å². The highest BCUT2D eigenvalue weighted by Gasteiger charge is 2.32. The number of nitrogens with zero attached hydrogens (tertiary/aromatic N) is 1. The molecule has 8 heteroatoms. The highest BCUT2D eigenvalue weighted by molar-refractivity contribution is 7.89. The number of hydrogen-bond donors (Lipinski definition) is 1. The molecule has 27 heavy (non-hydrogen) atoms. The summed E-state index contributed by atoms with van der Waals surface area (Å²) in [6.45, 7) is 5.35. The van der Waals surface area contributed by atoms with Crippen LogP contribution in [0.3, 0.4) is 0 Å². The molecule has 0 bridgehead atoms. The van der Waals surface area contributed by atoms with Crippen molar-refractivity contribution in [3.05, 3.63) is 23.8 Å². The van der Waals surface area contributed by atoms with Gasteiger partial charge in [-0.25, -0.2) is 12.7 Å². The zero-order chi connectivity index (χ0) is 19.9. The van der Waals surface area contributed by atoms with Gasteiger partial charge in [0, 0.05) is 20.2 Å². The molecule has 1 N–H and O–H groups in total. The molecule has 152 valence electrons. The van der Waals surface area contributed by atoms with E-state index in [4.69, 9.17) is 9.47 Å². The highest BCUT2D eigenvalue weighted by Crippen LogP contribution is 2.28. The lowest BCUT2D eigenvalue weighted by atomic mass is 9.98. The number of methoxy groups -OCH3 is 1. The maximum atomic E-state index is 12.8. The first-order valence-electron chi connectivity index (χ1n) is 9.38. The number of benzene rings is 1. The monoisotopic (exact) mass is 398 g/mol. The van der Waals surface area contributed by atoms with Crippen molar-refractivity contribution < 1.29 is 22.7 Å². The Kier molecular flexibility index (Phi) is 8.07. The maximum absolute atomic E-state index is 12.8. The first-order chi connectivity index (χ1) is 12.9. The number of piperidine rings is 1. The minimum atomic E-state index is -3.29. The van der Waals surface area contributed by atoms with Gasteiger partial charge in [0.05, 0.1) is 24.0 Å². The summed E-state index contributed by atoms with van der Waals surface area (Å²) in [7, 11) is -1.69. The van der Waals surface area contributed by atoms with E-state index < -0.39 is 10.0 Å². The van der Waals surface area contributed by atoms with Crippen LogP contribution in [0.15, 0.2) is 18.2 Å². The van der Waals surface area contributed by atoms with Crippen LogP contribution in [0.4, 0.5) is 5.69 Å². The van der Waals surface area contributed by atoms with E-state index in [-0.39, 0.29) is 24.1 Å². The van der Waals surface area contributed by atoms with Gasteiger partial charge in [-0.05, 0) is 43.9 Å². The number of nitrogens with one attached hydrogen (secondary N) is 1. The van der Waals surface area contributed by atoms with Crippen LogP contribution in [-0.2, 0) is 19.6 Å². The fourth-order valence-electron chi connectivity index (χ4n) is 3.12. The molecule has 1 unspecified atom stereocenters. The number of aryl methyl sites for hydroxylation is 1. The molecule has 0 aliphatic carbocycles. The third-order valence-electron chi connectivity index (χ3n) is 4.55. The molecule has 1 amide bonds. The average molecular weight is 399 g/mol. The van der Waals surface area contributed by atoms with Crippen LogP contribution in [0.5, 0.6) is 5.75 Å².